The maximum Gasteiger partial charge on any atom is 0.329 e. The zero-order chi connectivity index (χ0) is 17.6. The molecule has 124 valence electrons. The normalized spacial score (nSPS) is 18.3. The van der Waals surface area contributed by atoms with Crippen LogP contribution in [-0.2, 0) is 10.4 Å². The molecule has 4 heteroatoms. The Morgan fingerprint density at radius 3 is 2.50 bits per heavy atom. The van der Waals surface area contributed by atoms with Crippen LogP contribution in [0.15, 0.2) is 42.0 Å². The molecular weight excluding hydrogens is 302 g/mol. The molecule has 0 spiro atoms. The standard InChI is InChI=1S/C20H21NO3/c1-2-7-16(14-18(22)23)10-13-20(24,17-8-4-3-5-9-17)19(15-21)11-6-12-19/h3-5,8-9,14,24H,2,6-7,11-12H2,1H3,(H,22,23)/b16-14-/t20-/m0/s1. The Bertz CT molecular complexity index is 730. The number of nitriles is 1. The van der Waals surface area contributed by atoms with Gasteiger partial charge >= 0.3 is 5.97 Å². The van der Waals surface area contributed by atoms with E-state index in [1.165, 1.54) is 0 Å². The summed E-state index contributed by atoms with van der Waals surface area (Å²) in [5.41, 5.74) is -1.52. The second-order valence-corrected chi connectivity index (χ2v) is 6.13. The van der Waals surface area contributed by atoms with Crippen LogP contribution in [0, 0.1) is 28.6 Å². The smallest absolute Gasteiger partial charge is 0.329 e. The molecule has 0 bridgehead atoms. The minimum Gasteiger partial charge on any atom is -0.478 e. The van der Waals surface area contributed by atoms with Crippen LogP contribution in [0.3, 0.4) is 0 Å². The Labute approximate surface area is 142 Å². The van der Waals surface area contributed by atoms with Crippen molar-refractivity contribution < 1.29 is 15.0 Å². The summed E-state index contributed by atoms with van der Waals surface area (Å²) < 4.78 is 0. The largest absolute Gasteiger partial charge is 0.478 e. The summed E-state index contributed by atoms with van der Waals surface area (Å²) in [6.45, 7) is 1.93. The topological polar surface area (TPSA) is 81.3 Å². The third kappa shape index (κ3) is 3.35. The minimum atomic E-state index is -1.60. The van der Waals surface area contributed by atoms with E-state index in [1.54, 1.807) is 24.3 Å². The van der Waals surface area contributed by atoms with Gasteiger partial charge in [0.2, 0.25) is 0 Å². The van der Waals surface area contributed by atoms with Gasteiger partial charge in [-0.1, -0.05) is 55.5 Å². The van der Waals surface area contributed by atoms with E-state index in [2.05, 4.69) is 17.9 Å². The zero-order valence-electron chi connectivity index (χ0n) is 13.7. The van der Waals surface area contributed by atoms with Crippen LogP contribution in [0.2, 0.25) is 0 Å². The molecule has 0 heterocycles. The molecule has 1 aliphatic rings. The van der Waals surface area contributed by atoms with E-state index >= 15 is 0 Å². The van der Waals surface area contributed by atoms with Crippen molar-refractivity contribution in [1.82, 2.24) is 0 Å². The number of aliphatic carboxylic acids is 1. The number of nitrogens with zero attached hydrogens (tertiary/aromatic N) is 1. The fourth-order valence-electron chi connectivity index (χ4n) is 2.99. The van der Waals surface area contributed by atoms with Gasteiger partial charge in [0.05, 0.1) is 6.07 Å². The van der Waals surface area contributed by atoms with E-state index in [1.807, 2.05) is 13.0 Å². The number of hydrogen-bond acceptors (Lipinski definition) is 3. The Morgan fingerprint density at radius 1 is 1.38 bits per heavy atom. The number of hydrogen-bond donors (Lipinski definition) is 2. The lowest BCUT2D eigenvalue weighted by atomic mass is 9.57. The summed E-state index contributed by atoms with van der Waals surface area (Å²) in [4.78, 5) is 10.9. The zero-order valence-corrected chi connectivity index (χ0v) is 13.7. The van der Waals surface area contributed by atoms with Crippen molar-refractivity contribution in [2.75, 3.05) is 0 Å². The van der Waals surface area contributed by atoms with Crippen molar-refractivity contribution in [2.24, 2.45) is 5.41 Å². The van der Waals surface area contributed by atoms with Gasteiger partial charge in [-0.05, 0) is 31.2 Å². The van der Waals surface area contributed by atoms with Crippen molar-refractivity contribution in [2.45, 2.75) is 44.6 Å². The van der Waals surface area contributed by atoms with E-state index < -0.39 is 17.0 Å². The molecule has 24 heavy (non-hydrogen) atoms. The molecule has 0 unspecified atom stereocenters. The molecule has 1 atom stereocenters. The summed E-state index contributed by atoms with van der Waals surface area (Å²) in [6.07, 6.45) is 4.37. The summed E-state index contributed by atoms with van der Waals surface area (Å²) >= 11 is 0. The first-order valence-electron chi connectivity index (χ1n) is 8.13. The third-order valence-corrected chi connectivity index (χ3v) is 4.53. The first-order chi connectivity index (χ1) is 11.5. The van der Waals surface area contributed by atoms with Gasteiger partial charge in [-0.3, -0.25) is 0 Å². The second kappa shape index (κ2) is 7.34. The molecule has 1 aromatic rings. The Hall–Kier alpha value is -2.56. The van der Waals surface area contributed by atoms with Crippen molar-refractivity contribution in [3.8, 4) is 17.9 Å². The lowest BCUT2D eigenvalue weighted by molar-refractivity contribution is -0.131. The summed E-state index contributed by atoms with van der Waals surface area (Å²) in [5, 5.41) is 30.0. The molecule has 0 saturated heterocycles. The average Bonchev–Trinajstić information content (AvgIpc) is 2.52. The molecule has 2 rings (SSSR count). The van der Waals surface area contributed by atoms with Gasteiger partial charge in [0.1, 0.15) is 5.41 Å². The van der Waals surface area contributed by atoms with Crippen molar-refractivity contribution in [3.63, 3.8) is 0 Å². The van der Waals surface area contributed by atoms with Crippen LogP contribution in [0.5, 0.6) is 0 Å². The molecule has 0 aromatic heterocycles. The molecule has 1 saturated carbocycles. The number of aliphatic hydroxyl groups is 1. The Balaban J connectivity index is 2.52. The fourth-order valence-corrected chi connectivity index (χ4v) is 2.99. The first kappa shape index (κ1) is 17.8. The van der Waals surface area contributed by atoms with E-state index in [0.717, 1.165) is 18.9 Å². The van der Waals surface area contributed by atoms with Gasteiger partial charge in [-0.25, -0.2) is 4.79 Å². The van der Waals surface area contributed by atoms with Crippen LogP contribution in [0.4, 0.5) is 0 Å². The molecule has 1 aliphatic carbocycles. The summed E-state index contributed by atoms with van der Waals surface area (Å²) in [6, 6.07) is 11.2. The van der Waals surface area contributed by atoms with Crippen molar-refractivity contribution in [1.29, 1.82) is 5.26 Å². The van der Waals surface area contributed by atoms with E-state index in [4.69, 9.17) is 5.11 Å². The second-order valence-electron chi connectivity index (χ2n) is 6.13. The number of carboxylic acids is 1. The molecule has 0 radical (unpaired) electrons. The highest BCUT2D eigenvalue weighted by atomic mass is 16.4. The highest BCUT2D eigenvalue weighted by Crippen LogP contribution is 2.53. The quantitative estimate of drug-likeness (QED) is 0.643. The Kier molecular flexibility index (Phi) is 5.44. The van der Waals surface area contributed by atoms with Crippen LogP contribution in [0.1, 0.15) is 44.6 Å². The molecule has 0 amide bonds. The number of benzene rings is 1. The maximum absolute atomic E-state index is 11.3. The summed E-state index contributed by atoms with van der Waals surface area (Å²) in [5.74, 6) is 4.62. The average molecular weight is 323 g/mol. The molecule has 0 aliphatic heterocycles. The Morgan fingerprint density at radius 2 is 2.04 bits per heavy atom. The van der Waals surface area contributed by atoms with Crippen LogP contribution < -0.4 is 0 Å². The lowest BCUT2D eigenvalue weighted by Gasteiger charge is -2.45. The predicted molar refractivity (Wildman–Crippen MR) is 90.6 cm³/mol. The van der Waals surface area contributed by atoms with Gasteiger partial charge in [0.25, 0.3) is 0 Å². The van der Waals surface area contributed by atoms with E-state index in [9.17, 15) is 15.2 Å². The number of carboxylic acid groups (broad SMARTS) is 1. The van der Waals surface area contributed by atoms with E-state index in [-0.39, 0.29) is 0 Å². The maximum atomic E-state index is 11.3. The van der Waals surface area contributed by atoms with Gasteiger partial charge in [0, 0.05) is 11.6 Å². The molecule has 1 fully saturated rings. The van der Waals surface area contributed by atoms with Crippen molar-refractivity contribution in [3.05, 3.63) is 47.5 Å². The molecular formula is C20H21NO3. The van der Waals surface area contributed by atoms with E-state index in [0.29, 0.717) is 30.4 Å². The van der Waals surface area contributed by atoms with Gasteiger partial charge in [-0.15, -0.1) is 0 Å². The van der Waals surface area contributed by atoms with Gasteiger partial charge in [-0.2, -0.15) is 5.26 Å². The molecule has 1 aromatic carbocycles. The van der Waals surface area contributed by atoms with Gasteiger partial charge in [0.15, 0.2) is 5.60 Å². The number of allylic oxidation sites excluding steroid dienone is 1. The highest BCUT2D eigenvalue weighted by molar-refractivity contribution is 5.81. The first-order valence-corrected chi connectivity index (χ1v) is 8.13. The minimum absolute atomic E-state index is 0.451. The van der Waals surface area contributed by atoms with Crippen LogP contribution >= 0.6 is 0 Å². The molecule has 2 N–H and O–H groups in total. The summed E-state index contributed by atoms with van der Waals surface area (Å²) in [7, 11) is 0. The van der Waals surface area contributed by atoms with Crippen molar-refractivity contribution >= 4 is 5.97 Å². The number of rotatable bonds is 5. The fraction of sp³-hybridized carbons (Fsp3) is 0.400. The van der Waals surface area contributed by atoms with Gasteiger partial charge < -0.3 is 10.2 Å². The van der Waals surface area contributed by atoms with Crippen LogP contribution in [-0.4, -0.2) is 16.2 Å². The van der Waals surface area contributed by atoms with Crippen LogP contribution in [0.25, 0.3) is 0 Å². The predicted octanol–water partition coefficient (Wildman–Crippen LogP) is 3.38. The monoisotopic (exact) mass is 323 g/mol. The SMILES string of the molecule is CCC/C(C#C[C@](O)(c1ccccc1)C1(C#N)CCC1)=C/C(=O)O. The lowest BCUT2D eigenvalue weighted by Crippen LogP contribution is -2.48. The molecule has 4 nitrogen and oxygen atoms in total. The highest BCUT2D eigenvalue weighted by Gasteiger charge is 2.55. The number of carbonyl (C=O) groups is 1. The third-order valence-electron chi connectivity index (χ3n) is 4.53.